The summed E-state index contributed by atoms with van der Waals surface area (Å²) in [5.74, 6) is 1.64. The summed E-state index contributed by atoms with van der Waals surface area (Å²) in [6, 6.07) is 7.93. The molecule has 4 heteroatoms. The number of para-hydroxylation sites is 1. The first-order chi connectivity index (χ1) is 8.79. The predicted octanol–water partition coefficient (Wildman–Crippen LogP) is 3.29. The second-order valence-corrected chi connectivity index (χ2v) is 4.56. The first-order valence-corrected chi connectivity index (χ1v) is 6.45. The molecule has 0 unspecified atom stereocenters. The van der Waals surface area contributed by atoms with Crippen LogP contribution < -0.4 is 4.74 Å². The van der Waals surface area contributed by atoms with Gasteiger partial charge in [-0.3, -0.25) is 0 Å². The van der Waals surface area contributed by atoms with Crippen LogP contribution in [0.1, 0.15) is 18.3 Å². The molecule has 92 valence electrons. The summed E-state index contributed by atoms with van der Waals surface area (Å²) < 4.78 is 5.73. The zero-order valence-electron chi connectivity index (χ0n) is 10.1. The van der Waals surface area contributed by atoms with Crippen molar-refractivity contribution in [1.82, 2.24) is 9.97 Å². The van der Waals surface area contributed by atoms with Crippen molar-refractivity contribution in [2.24, 2.45) is 0 Å². The van der Waals surface area contributed by atoms with Gasteiger partial charge in [0.05, 0.1) is 12.3 Å². The molecule has 0 bridgehead atoms. The van der Waals surface area contributed by atoms with Gasteiger partial charge in [0, 0.05) is 24.0 Å². The van der Waals surface area contributed by atoms with E-state index in [0.717, 1.165) is 41.2 Å². The zero-order valence-corrected chi connectivity index (χ0v) is 10.9. The van der Waals surface area contributed by atoms with Gasteiger partial charge < -0.3 is 4.74 Å². The number of fused-ring (bicyclic) bond motifs is 3. The third kappa shape index (κ3) is 1.85. The monoisotopic (exact) mass is 260 g/mol. The third-order valence-electron chi connectivity index (χ3n) is 3.07. The lowest BCUT2D eigenvalue weighted by molar-refractivity contribution is 0.326. The smallest absolute Gasteiger partial charge is 0.136 e. The molecule has 1 aliphatic rings. The molecule has 0 aliphatic carbocycles. The van der Waals surface area contributed by atoms with E-state index in [1.807, 2.05) is 31.2 Å². The minimum atomic E-state index is 0.553. The summed E-state index contributed by atoms with van der Waals surface area (Å²) in [5, 5.41) is 0.553. The molecule has 0 saturated heterocycles. The minimum absolute atomic E-state index is 0.553. The first-order valence-electron chi connectivity index (χ1n) is 6.07. The molecule has 0 amide bonds. The highest BCUT2D eigenvalue weighted by molar-refractivity contribution is 6.30. The van der Waals surface area contributed by atoms with Gasteiger partial charge in [-0.1, -0.05) is 30.7 Å². The topological polar surface area (TPSA) is 35.0 Å². The standard InChI is InChI=1S/C14H13ClN2O/c1-2-12-16-13-9-5-3-4-6-11(9)18-8-7-10(13)14(15)17-12/h3-6H,2,7-8H2,1H3. The van der Waals surface area contributed by atoms with E-state index >= 15 is 0 Å². The number of rotatable bonds is 1. The number of benzene rings is 1. The van der Waals surface area contributed by atoms with Crippen LogP contribution in [0.15, 0.2) is 24.3 Å². The molecule has 0 N–H and O–H groups in total. The molecule has 3 rings (SSSR count). The van der Waals surface area contributed by atoms with Crippen molar-refractivity contribution >= 4 is 11.6 Å². The van der Waals surface area contributed by atoms with E-state index in [4.69, 9.17) is 16.3 Å². The van der Waals surface area contributed by atoms with Crippen LogP contribution in [0.3, 0.4) is 0 Å². The van der Waals surface area contributed by atoms with Crippen molar-refractivity contribution in [2.75, 3.05) is 6.61 Å². The van der Waals surface area contributed by atoms with Crippen molar-refractivity contribution in [3.05, 3.63) is 40.8 Å². The molecule has 2 heterocycles. The van der Waals surface area contributed by atoms with Gasteiger partial charge in [0.15, 0.2) is 0 Å². The predicted molar refractivity (Wildman–Crippen MR) is 71.1 cm³/mol. The maximum Gasteiger partial charge on any atom is 0.136 e. The highest BCUT2D eigenvalue weighted by Crippen LogP contribution is 2.35. The molecule has 3 nitrogen and oxygen atoms in total. The fourth-order valence-corrected chi connectivity index (χ4v) is 2.44. The van der Waals surface area contributed by atoms with Gasteiger partial charge in [-0.15, -0.1) is 0 Å². The molecular weight excluding hydrogens is 248 g/mol. The van der Waals surface area contributed by atoms with E-state index in [-0.39, 0.29) is 0 Å². The van der Waals surface area contributed by atoms with Gasteiger partial charge in [0.1, 0.15) is 16.7 Å². The Morgan fingerprint density at radius 1 is 1.28 bits per heavy atom. The second-order valence-electron chi connectivity index (χ2n) is 4.21. The van der Waals surface area contributed by atoms with Crippen molar-refractivity contribution in [3.8, 4) is 17.0 Å². The van der Waals surface area contributed by atoms with Crippen molar-refractivity contribution < 1.29 is 4.74 Å². The Kier molecular flexibility index (Phi) is 2.92. The van der Waals surface area contributed by atoms with Gasteiger partial charge in [0.2, 0.25) is 0 Å². The Labute approximate surface area is 111 Å². The van der Waals surface area contributed by atoms with E-state index < -0.39 is 0 Å². The van der Waals surface area contributed by atoms with Gasteiger partial charge in [-0.25, -0.2) is 9.97 Å². The Hall–Kier alpha value is -1.61. The molecule has 0 fully saturated rings. The summed E-state index contributed by atoms with van der Waals surface area (Å²) in [5.41, 5.74) is 2.91. The van der Waals surface area contributed by atoms with Crippen LogP contribution in [0.5, 0.6) is 5.75 Å². The summed E-state index contributed by atoms with van der Waals surface area (Å²) in [6.45, 7) is 2.63. The molecule has 0 atom stereocenters. The molecule has 1 aromatic carbocycles. The van der Waals surface area contributed by atoms with Crippen molar-refractivity contribution in [2.45, 2.75) is 19.8 Å². The number of hydrogen-bond donors (Lipinski definition) is 0. The highest BCUT2D eigenvalue weighted by Gasteiger charge is 2.20. The molecule has 0 saturated carbocycles. The molecule has 0 spiro atoms. The van der Waals surface area contributed by atoms with Crippen LogP contribution in [0.4, 0.5) is 0 Å². The van der Waals surface area contributed by atoms with Crippen molar-refractivity contribution in [3.63, 3.8) is 0 Å². The molecule has 2 aromatic rings. The largest absolute Gasteiger partial charge is 0.493 e. The number of aromatic nitrogens is 2. The molecule has 1 aliphatic heterocycles. The van der Waals surface area contributed by atoms with Crippen LogP contribution in [-0.2, 0) is 12.8 Å². The van der Waals surface area contributed by atoms with Crippen LogP contribution in [0, 0.1) is 0 Å². The van der Waals surface area contributed by atoms with E-state index in [9.17, 15) is 0 Å². The maximum absolute atomic E-state index is 6.26. The number of halogens is 1. The molecule has 0 radical (unpaired) electrons. The van der Waals surface area contributed by atoms with E-state index in [1.54, 1.807) is 0 Å². The Balaban J connectivity index is 2.28. The van der Waals surface area contributed by atoms with Crippen LogP contribution in [0.25, 0.3) is 11.3 Å². The van der Waals surface area contributed by atoms with Gasteiger partial charge in [-0.2, -0.15) is 0 Å². The van der Waals surface area contributed by atoms with Crippen LogP contribution in [0.2, 0.25) is 5.15 Å². The maximum atomic E-state index is 6.26. The van der Waals surface area contributed by atoms with E-state index in [1.165, 1.54) is 0 Å². The summed E-state index contributed by atoms with van der Waals surface area (Å²) in [4.78, 5) is 8.94. The number of nitrogens with zero attached hydrogens (tertiary/aromatic N) is 2. The quantitative estimate of drug-likeness (QED) is 0.738. The average molecular weight is 261 g/mol. The molecule has 1 aromatic heterocycles. The summed E-state index contributed by atoms with van der Waals surface area (Å²) >= 11 is 6.26. The van der Waals surface area contributed by atoms with Crippen LogP contribution >= 0.6 is 11.6 Å². The Bertz CT molecular complexity index is 598. The van der Waals surface area contributed by atoms with Crippen LogP contribution in [-0.4, -0.2) is 16.6 Å². The first kappa shape index (κ1) is 11.5. The number of hydrogen-bond acceptors (Lipinski definition) is 3. The lowest BCUT2D eigenvalue weighted by Crippen LogP contribution is -2.03. The van der Waals surface area contributed by atoms with Gasteiger partial charge in [-0.05, 0) is 12.1 Å². The lowest BCUT2D eigenvalue weighted by atomic mass is 10.1. The van der Waals surface area contributed by atoms with Crippen molar-refractivity contribution in [1.29, 1.82) is 0 Å². The summed E-state index contributed by atoms with van der Waals surface area (Å²) in [7, 11) is 0. The normalized spacial score (nSPS) is 13.2. The second kappa shape index (κ2) is 4.58. The molecular formula is C14H13ClN2O. The number of aryl methyl sites for hydroxylation is 1. The molecule has 18 heavy (non-hydrogen) atoms. The average Bonchev–Trinajstić information content (AvgIpc) is 2.58. The summed E-state index contributed by atoms with van der Waals surface area (Å²) in [6.07, 6.45) is 1.52. The van der Waals surface area contributed by atoms with Gasteiger partial charge >= 0.3 is 0 Å². The van der Waals surface area contributed by atoms with E-state index in [0.29, 0.717) is 11.8 Å². The fourth-order valence-electron chi connectivity index (χ4n) is 2.15. The Morgan fingerprint density at radius 2 is 2.11 bits per heavy atom. The van der Waals surface area contributed by atoms with E-state index in [2.05, 4.69) is 9.97 Å². The SMILES string of the molecule is CCc1nc(Cl)c2c(n1)-c1ccccc1OCC2. The minimum Gasteiger partial charge on any atom is -0.493 e. The Morgan fingerprint density at radius 3 is 2.94 bits per heavy atom. The fraction of sp³-hybridized carbons (Fsp3) is 0.286. The number of ether oxygens (including phenoxy) is 1. The zero-order chi connectivity index (χ0) is 12.5. The highest BCUT2D eigenvalue weighted by atomic mass is 35.5. The lowest BCUT2D eigenvalue weighted by Gasteiger charge is -2.09. The third-order valence-corrected chi connectivity index (χ3v) is 3.38. The van der Waals surface area contributed by atoms with Gasteiger partial charge in [0.25, 0.3) is 0 Å².